The zero-order valence-electron chi connectivity index (χ0n) is 11.1. The first-order valence-corrected chi connectivity index (χ1v) is 6.16. The number of alkyl halides is 3. The topological polar surface area (TPSA) is 56.6 Å². The molecule has 0 spiro atoms. The van der Waals surface area contributed by atoms with E-state index >= 15 is 0 Å². The lowest BCUT2D eigenvalue weighted by Gasteiger charge is -2.31. The third-order valence-electron chi connectivity index (χ3n) is 2.89. The van der Waals surface area contributed by atoms with Crippen molar-refractivity contribution in [2.75, 3.05) is 31.7 Å². The maximum absolute atomic E-state index is 12.5. The highest BCUT2D eigenvalue weighted by molar-refractivity contribution is 6.33. The number of pyridine rings is 1. The van der Waals surface area contributed by atoms with Crippen molar-refractivity contribution < 1.29 is 23.4 Å². The van der Waals surface area contributed by atoms with Crippen LogP contribution >= 0.6 is 11.6 Å². The van der Waals surface area contributed by atoms with Gasteiger partial charge in [-0.25, -0.2) is 4.98 Å². The van der Waals surface area contributed by atoms with E-state index in [9.17, 15) is 23.4 Å². The summed E-state index contributed by atoms with van der Waals surface area (Å²) in [6.45, 7) is 1.29. The average Bonchev–Trinajstić information content (AvgIpc) is 2.37. The Morgan fingerprint density at radius 2 is 1.85 bits per heavy atom. The maximum atomic E-state index is 12.5. The Kier molecular flexibility index (Phi) is 5.23. The van der Waals surface area contributed by atoms with Crippen LogP contribution in [0, 0.1) is 5.41 Å². The summed E-state index contributed by atoms with van der Waals surface area (Å²) in [5.74, 6) is 0.160. The van der Waals surface area contributed by atoms with E-state index in [2.05, 4.69) is 4.98 Å². The number of hydrogen-bond acceptors (Lipinski definition) is 4. The minimum atomic E-state index is -4.50. The molecule has 2 N–H and O–H groups in total. The van der Waals surface area contributed by atoms with Crippen molar-refractivity contribution in [1.82, 2.24) is 4.98 Å². The number of nitrogens with zero attached hydrogens (tertiary/aromatic N) is 2. The van der Waals surface area contributed by atoms with E-state index in [0.717, 1.165) is 6.07 Å². The predicted molar refractivity (Wildman–Crippen MR) is 69.8 cm³/mol. The van der Waals surface area contributed by atoms with Crippen LogP contribution in [0.2, 0.25) is 5.02 Å². The van der Waals surface area contributed by atoms with Crippen molar-refractivity contribution in [2.24, 2.45) is 5.41 Å². The lowest BCUT2D eigenvalue weighted by Crippen LogP contribution is -2.39. The molecule has 0 aliphatic rings. The Balaban J connectivity index is 2.98. The first kappa shape index (κ1) is 17.0. The van der Waals surface area contributed by atoms with Crippen LogP contribution in [0.1, 0.15) is 12.5 Å². The molecule has 4 nitrogen and oxygen atoms in total. The number of halogens is 4. The van der Waals surface area contributed by atoms with E-state index in [-0.39, 0.29) is 30.6 Å². The minimum absolute atomic E-state index is 0.138. The quantitative estimate of drug-likeness (QED) is 0.875. The molecule has 0 bridgehead atoms. The van der Waals surface area contributed by atoms with Crippen LogP contribution < -0.4 is 4.90 Å². The zero-order valence-corrected chi connectivity index (χ0v) is 11.8. The first-order valence-electron chi connectivity index (χ1n) is 5.78. The van der Waals surface area contributed by atoms with Gasteiger partial charge in [0, 0.05) is 25.2 Å². The lowest BCUT2D eigenvalue weighted by atomic mass is 9.92. The molecule has 0 aliphatic heterocycles. The first-order chi connectivity index (χ1) is 9.13. The van der Waals surface area contributed by atoms with Gasteiger partial charge < -0.3 is 15.1 Å². The molecule has 1 aromatic heterocycles. The summed E-state index contributed by atoms with van der Waals surface area (Å²) in [6.07, 6.45) is -3.80. The van der Waals surface area contributed by atoms with Gasteiger partial charge in [0.25, 0.3) is 0 Å². The second-order valence-corrected chi connectivity index (χ2v) is 5.42. The SMILES string of the molecule is CN(CC(C)(CO)CO)c1ncc(C(F)(F)F)cc1Cl. The summed E-state index contributed by atoms with van der Waals surface area (Å²) in [5.41, 5.74) is -1.73. The number of aromatic nitrogens is 1. The van der Waals surface area contributed by atoms with Crippen molar-refractivity contribution in [3.05, 3.63) is 22.8 Å². The fraction of sp³-hybridized carbons (Fsp3) is 0.583. The molecule has 20 heavy (non-hydrogen) atoms. The summed E-state index contributed by atoms with van der Waals surface area (Å²) in [4.78, 5) is 5.20. The van der Waals surface area contributed by atoms with E-state index < -0.39 is 17.2 Å². The second kappa shape index (κ2) is 6.15. The Morgan fingerprint density at radius 3 is 2.25 bits per heavy atom. The molecule has 0 aliphatic carbocycles. The fourth-order valence-corrected chi connectivity index (χ4v) is 1.97. The maximum Gasteiger partial charge on any atom is 0.417 e. The van der Waals surface area contributed by atoms with Crippen LogP contribution in [0.4, 0.5) is 19.0 Å². The van der Waals surface area contributed by atoms with E-state index in [1.54, 1.807) is 14.0 Å². The van der Waals surface area contributed by atoms with Gasteiger partial charge in [-0.1, -0.05) is 18.5 Å². The van der Waals surface area contributed by atoms with Gasteiger partial charge in [0.1, 0.15) is 5.82 Å². The van der Waals surface area contributed by atoms with Gasteiger partial charge >= 0.3 is 6.18 Å². The third kappa shape index (κ3) is 3.97. The minimum Gasteiger partial charge on any atom is -0.396 e. The van der Waals surface area contributed by atoms with Crippen LogP contribution in [0.3, 0.4) is 0 Å². The van der Waals surface area contributed by atoms with Crippen LogP contribution in [0.25, 0.3) is 0 Å². The van der Waals surface area contributed by atoms with E-state index in [4.69, 9.17) is 11.6 Å². The van der Waals surface area contributed by atoms with Crippen LogP contribution in [0.5, 0.6) is 0 Å². The van der Waals surface area contributed by atoms with Gasteiger partial charge in [-0.15, -0.1) is 0 Å². The Labute approximate surface area is 119 Å². The molecule has 1 rings (SSSR count). The molecule has 0 unspecified atom stereocenters. The molecule has 0 amide bonds. The molecule has 114 valence electrons. The van der Waals surface area contributed by atoms with E-state index in [1.807, 2.05) is 0 Å². The van der Waals surface area contributed by atoms with Gasteiger partial charge in [-0.2, -0.15) is 13.2 Å². The normalized spacial score (nSPS) is 12.6. The van der Waals surface area contributed by atoms with E-state index in [0.29, 0.717) is 6.20 Å². The molecule has 0 radical (unpaired) electrons. The fourth-order valence-electron chi connectivity index (χ4n) is 1.66. The molecule has 0 fully saturated rings. The van der Waals surface area contributed by atoms with E-state index in [1.165, 1.54) is 4.90 Å². The highest BCUT2D eigenvalue weighted by Crippen LogP contribution is 2.33. The van der Waals surface area contributed by atoms with Crippen molar-refractivity contribution in [1.29, 1.82) is 0 Å². The van der Waals surface area contributed by atoms with Crippen LogP contribution in [-0.4, -0.2) is 42.0 Å². The monoisotopic (exact) mass is 312 g/mol. The molecule has 8 heteroatoms. The standard InChI is InChI=1S/C12H16ClF3N2O2/c1-11(6-19,7-20)5-18(2)10-9(13)3-8(4-17-10)12(14,15)16/h3-4,19-20H,5-7H2,1-2H3. The molecule has 1 heterocycles. The molecular formula is C12H16ClF3N2O2. The molecular weight excluding hydrogens is 297 g/mol. The van der Waals surface area contributed by atoms with Crippen molar-refractivity contribution in [3.63, 3.8) is 0 Å². The summed E-state index contributed by atoms with van der Waals surface area (Å²) in [5, 5.41) is 18.3. The highest BCUT2D eigenvalue weighted by atomic mass is 35.5. The Hall–Kier alpha value is -1.05. The molecule has 0 atom stereocenters. The van der Waals surface area contributed by atoms with Crippen LogP contribution in [0.15, 0.2) is 12.3 Å². The predicted octanol–water partition coefficient (Wildman–Crippen LogP) is 2.18. The van der Waals surface area contributed by atoms with Crippen molar-refractivity contribution in [2.45, 2.75) is 13.1 Å². The van der Waals surface area contributed by atoms with Gasteiger partial charge in [-0.3, -0.25) is 0 Å². The Bertz CT molecular complexity index is 465. The van der Waals surface area contributed by atoms with Crippen molar-refractivity contribution >= 4 is 17.4 Å². The number of aliphatic hydroxyl groups is 2. The summed E-state index contributed by atoms with van der Waals surface area (Å²) in [7, 11) is 1.57. The van der Waals surface area contributed by atoms with Gasteiger partial charge in [0.05, 0.1) is 23.8 Å². The smallest absolute Gasteiger partial charge is 0.396 e. The van der Waals surface area contributed by atoms with Gasteiger partial charge in [0.15, 0.2) is 0 Å². The van der Waals surface area contributed by atoms with Gasteiger partial charge in [-0.05, 0) is 6.07 Å². The van der Waals surface area contributed by atoms with Gasteiger partial charge in [0.2, 0.25) is 0 Å². The zero-order chi connectivity index (χ0) is 15.6. The highest BCUT2D eigenvalue weighted by Gasteiger charge is 2.32. The molecule has 0 saturated carbocycles. The van der Waals surface area contributed by atoms with Crippen molar-refractivity contribution in [3.8, 4) is 0 Å². The molecule has 1 aromatic rings. The number of anilines is 1. The summed E-state index contributed by atoms with van der Waals surface area (Å²) >= 11 is 5.82. The second-order valence-electron chi connectivity index (χ2n) is 5.01. The Morgan fingerprint density at radius 1 is 1.30 bits per heavy atom. The molecule has 0 saturated heterocycles. The summed E-state index contributed by atoms with van der Waals surface area (Å²) < 4.78 is 37.5. The number of aliphatic hydroxyl groups excluding tert-OH is 2. The average molecular weight is 313 g/mol. The number of hydrogen-bond donors (Lipinski definition) is 2. The largest absolute Gasteiger partial charge is 0.417 e. The lowest BCUT2D eigenvalue weighted by molar-refractivity contribution is -0.137. The van der Waals surface area contributed by atoms with Crippen LogP contribution in [-0.2, 0) is 6.18 Å². The number of rotatable bonds is 5. The molecule has 0 aromatic carbocycles. The summed E-state index contributed by atoms with van der Waals surface area (Å²) in [6, 6.07) is 0.801. The third-order valence-corrected chi connectivity index (χ3v) is 3.17.